The summed E-state index contributed by atoms with van der Waals surface area (Å²) < 4.78 is 39.3. The number of benzene rings is 1. The van der Waals surface area contributed by atoms with Gasteiger partial charge in [0.2, 0.25) is 0 Å². The molecule has 0 fully saturated rings. The Bertz CT molecular complexity index is 624. The first-order valence-electron chi connectivity index (χ1n) is 5.55. The summed E-state index contributed by atoms with van der Waals surface area (Å²) in [4.78, 5) is 11.9. The summed E-state index contributed by atoms with van der Waals surface area (Å²) in [7, 11) is 1.72. The van der Waals surface area contributed by atoms with Gasteiger partial charge in [0.05, 0.1) is 11.3 Å². The second-order valence-electron chi connectivity index (χ2n) is 4.01. The molecule has 1 aromatic heterocycles. The van der Waals surface area contributed by atoms with E-state index in [1.54, 1.807) is 11.6 Å². The molecule has 0 atom stereocenters. The van der Waals surface area contributed by atoms with Crippen LogP contribution in [0.2, 0.25) is 0 Å². The van der Waals surface area contributed by atoms with Gasteiger partial charge < -0.3 is 4.57 Å². The van der Waals surface area contributed by atoms with Crippen LogP contribution in [-0.2, 0) is 13.2 Å². The molecular formula is C12H10F3N3OS. The molecule has 1 heterocycles. The highest BCUT2D eigenvalue weighted by Crippen LogP contribution is 2.29. The van der Waals surface area contributed by atoms with Gasteiger partial charge in [0.15, 0.2) is 10.9 Å². The van der Waals surface area contributed by atoms with Crippen LogP contribution in [0.3, 0.4) is 0 Å². The Balaban J connectivity index is 2.08. The van der Waals surface area contributed by atoms with Crippen molar-refractivity contribution in [3.05, 3.63) is 41.7 Å². The zero-order valence-electron chi connectivity index (χ0n) is 10.4. The summed E-state index contributed by atoms with van der Waals surface area (Å²) in [5, 5.41) is 7.97. The average molecular weight is 301 g/mol. The molecule has 0 amide bonds. The van der Waals surface area contributed by atoms with Crippen LogP contribution in [0.15, 0.2) is 35.7 Å². The summed E-state index contributed by atoms with van der Waals surface area (Å²) in [6, 6.07) is 4.39. The quantitative estimate of drug-likeness (QED) is 0.643. The third-order valence-corrected chi connectivity index (χ3v) is 3.55. The van der Waals surface area contributed by atoms with Gasteiger partial charge in [-0.05, 0) is 12.1 Å². The first-order valence-corrected chi connectivity index (χ1v) is 6.54. The summed E-state index contributed by atoms with van der Waals surface area (Å²) in [5.41, 5.74) is -0.790. The number of hydrogen-bond acceptors (Lipinski definition) is 4. The van der Waals surface area contributed by atoms with Crippen molar-refractivity contribution in [3.63, 3.8) is 0 Å². The molecule has 0 N–H and O–H groups in total. The van der Waals surface area contributed by atoms with E-state index >= 15 is 0 Å². The van der Waals surface area contributed by atoms with Crippen LogP contribution in [0.1, 0.15) is 15.9 Å². The molecule has 0 aliphatic rings. The van der Waals surface area contributed by atoms with Gasteiger partial charge in [-0.15, -0.1) is 10.2 Å². The van der Waals surface area contributed by atoms with Gasteiger partial charge in [0, 0.05) is 12.6 Å². The lowest BCUT2D eigenvalue weighted by atomic mass is 10.1. The Morgan fingerprint density at radius 3 is 2.75 bits per heavy atom. The molecule has 1 aromatic carbocycles. The summed E-state index contributed by atoms with van der Waals surface area (Å²) in [6.45, 7) is 0. The Morgan fingerprint density at radius 1 is 1.40 bits per heavy atom. The maximum Gasteiger partial charge on any atom is 0.416 e. The minimum absolute atomic E-state index is 0.00778. The van der Waals surface area contributed by atoms with Crippen molar-refractivity contribution in [2.45, 2.75) is 11.3 Å². The molecule has 106 valence electrons. The fourth-order valence-corrected chi connectivity index (χ4v) is 2.27. The number of thioether (sulfide) groups is 1. The van der Waals surface area contributed by atoms with E-state index in [-0.39, 0.29) is 17.1 Å². The van der Waals surface area contributed by atoms with Crippen molar-refractivity contribution >= 4 is 17.5 Å². The molecule has 0 saturated carbocycles. The minimum atomic E-state index is -4.45. The van der Waals surface area contributed by atoms with Gasteiger partial charge in [-0.3, -0.25) is 4.79 Å². The number of aromatic nitrogens is 3. The molecule has 0 saturated heterocycles. The smallest absolute Gasteiger partial charge is 0.312 e. The standard InChI is InChI=1S/C12H10F3N3OS/c1-18-7-16-17-11(18)20-6-10(19)8-3-2-4-9(5-8)12(13,14)15/h2-5,7H,6H2,1H3. The number of nitrogens with zero attached hydrogens (tertiary/aromatic N) is 3. The Labute approximate surface area is 117 Å². The van der Waals surface area contributed by atoms with Crippen molar-refractivity contribution in [1.82, 2.24) is 14.8 Å². The van der Waals surface area contributed by atoms with Crippen LogP contribution < -0.4 is 0 Å². The monoisotopic (exact) mass is 301 g/mol. The highest BCUT2D eigenvalue weighted by atomic mass is 32.2. The van der Waals surface area contributed by atoms with Gasteiger partial charge >= 0.3 is 6.18 Å². The minimum Gasteiger partial charge on any atom is -0.312 e. The SMILES string of the molecule is Cn1cnnc1SCC(=O)c1cccc(C(F)(F)F)c1. The van der Waals surface area contributed by atoms with Crippen molar-refractivity contribution < 1.29 is 18.0 Å². The first kappa shape index (κ1) is 14.6. The molecule has 8 heteroatoms. The molecule has 0 aliphatic carbocycles. The van der Waals surface area contributed by atoms with E-state index < -0.39 is 11.7 Å². The number of carbonyl (C=O) groups excluding carboxylic acids is 1. The highest BCUT2D eigenvalue weighted by Gasteiger charge is 2.30. The number of Topliss-reactive ketones (excluding diaryl/α,β-unsaturated/α-hetero) is 1. The van der Waals surface area contributed by atoms with E-state index in [0.29, 0.717) is 5.16 Å². The number of ketones is 1. The number of carbonyl (C=O) groups is 1. The highest BCUT2D eigenvalue weighted by molar-refractivity contribution is 7.99. The summed E-state index contributed by atoms with van der Waals surface area (Å²) in [6.07, 6.45) is -2.97. The van der Waals surface area contributed by atoms with Gasteiger partial charge in [0.1, 0.15) is 6.33 Å². The van der Waals surface area contributed by atoms with Crippen LogP contribution in [0, 0.1) is 0 Å². The van der Waals surface area contributed by atoms with Crippen LogP contribution in [-0.4, -0.2) is 26.3 Å². The largest absolute Gasteiger partial charge is 0.416 e. The topological polar surface area (TPSA) is 47.8 Å². The first-order chi connectivity index (χ1) is 9.38. The number of aryl methyl sites for hydroxylation is 1. The lowest BCUT2D eigenvalue weighted by molar-refractivity contribution is -0.137. The van der Waals surface area contributed by atoms with Gasteiger partial charge in [-0.2, -0.15) is 13.2 Å². The molecule has 0 radical (unpaired) electrons. The fourth-order valence-electron chi connectivity index (χ4n) is 1.49. The maximum absolute atomic E-state index is 12.6. The van der Waals surface area contributed by atoms with E-state index in [9.17, 15) is 18.0 Å². The van der Waals surface area contributed by atoms with E-state index in [2.05, 4.69) is 10.2 Å². The van der Waals surface area contributed by atoms with Gasteiger partial charge in [0.25, 0.3) is 0 Å². The lowest BCUT2D eigenvalue weighted by Crippen LogP contribution is -2.09. The van der Waals surface area contributed by atoms with E-state index in [1.807, 2.05) is 0 Å². The molecule has 0 aliphatic heterocycles. The lowest BCUT2D eigenvalue weighted by Gasteiger charge is -2.08. The van der Waals surface area contributed by atoms with E-state index in [4.69, 9.17) is 0 Å². The van der Waals surface area contributed by atoms with Gasteiger partial charge in [-0.25, -0.2) is 0 Å². The predicted octanol–water partition coefficient (Wildman–Crippen LogP) is 2.81. The molecular weight excluding hydrogens is 291 g/mol. The Kier molecular flexibility index (Phi) is 4.12. The van der Waals surface area contributed by atoms with Crippen molar-refractivity contribution in [2.24, 2.45) is 7.05 Å². The number of rotatable bonds is 4. The van der Waals surface area contributed by atoms with E-state index in [1.165, 1.54) is 18.5 Å². The zero-order valence-corrected chi connectivity index (χ0v) is 11.2. The fraction of sp³-hybridized carbons (Fsp3) is 0.250. The second-order valence-corrected chi connectivity index (χ2v) is 4.96. The van der Waals surface area contributed by atoms with Gasteiger partial charge in [-0.1, -0.05) is 23.9 Å². The van der Waals surface area contributed by atoms with Crippen LogP contribution in [0.25, 0.3) is 0 Å². The van der Waals surface area contributed by atoms with Crippen LogP contribution in [0.4, 0.5) is 13.2 Å². The van der Waals surface area contributed by atoms with Crippen molar-refractivity contribution in [1.29, 1.82) is 0 Å². The number of halogens is 3. The summed E-state index contributed by atoms with van der Waals surface area (Å²) >= 11 is 1.13. The van der Waals surface area contributed by atoms with E-state index in [0.717, 1.165) is 23.9 Å². The van der Waals surface area contributed by atoms with Crippen molar-refractivity contribution in [2.75, 3.05) is 5.75 Å². The predicted molar refractivity (Wildman–Crippen MR) is 67.5 cm³/mol. The Hall–Kier alpha value is -1.83. The molecule has 20 heavy (non-hydrogen) atoms. The molecule has 0 spiro atoms. The number of alkyl halides is 3. The third kappa shape index (κ3) is 3.38. The molecule has 0 unspecified atom stereocenters. The second kappa shape index (κ2) is 5.66. The molecule has 2 rings (SSSR count). The van der Waals surface area contributed by atoms with Crippen LogP contribution >= 0.6 is 11.8 Å². The zero-order chi connectivity index (χ0) is 14.8. The molecule has 4 nitrogen and oxygen atoms in total. The van der Waals surface area contributed by atoms with Crippen LogP contribution in [0.5, 0.6) is 0 Å². The summed E-state index contributed by atoms with van der Waals surface area (Å²) in [5.74, 6) is -0.377. The Morgan fingerprint density at radius 2 is 2.15 bits per heavy atom. The average Bonchev–Trinajstić information content (AvgIpc) is 2.81. The molecule has 2 aromatic rings. The molecule has 0 bridgehead atoms. The number of hydrogen-bond donors (Lipinski definition) is 0. The van der Waals surface area contributed by atoms with Crippen molar-refractivity contribution in [3.8, 4) is 0 Å². The third-order valence-electron chi connectivity index (χ3n) is 2.51. The maximum atomic E-state index is 12.6. The normalized spacial score (nSPS) is 11.6.